The molecule has 2 nitrogen and oxygen atoms in total. The molecular weight excluding hydrogens is 148 g/mol. The zero-order valence-corrected chi connectivity index (χ0v) is 7.33. The van der Waals surface area contributed by atoms with Crippen LogP contribution in [0.5, 0.6) is 0 Å². The summed E-state index contributed by atoms with van der Waals surface area (Å²) in [5, 5.41) is 3.40. The van der Waals surface area contributed by atoms with Gasteiger partial charge in [0.15, 0.2) is 0 Å². The molecule has 0 bridgehead atoms. The van der Waals surface area contributed by atoms with E-state index in [0.29, 0.717) is 0 Å². The van der Waals surface area contributed by atoms with E-state index in [2.05, 4.69) is 17.2 Å². The predicted molar refractivity (Wildman–Crippen MR) is 50.0 cm³/mol. The van der Waals surface area contributed by atoms with Gasteiger partial charge in [0, 0.05) is 24.6 Å². The van der Waals surface area contributed by atoms with Crippen LogP contribution in [0, 0.1) is 11.8 Å². The minimum atomic E-state index is 0.901. The summed E-state index contributed by atoms with van der Waals surface area (Å²) in [7, 11) is 0. The first-order valence-corrected chi connectivity index (χ1v) is 4.50. The van der Waals surface area contributed by atoms with Crippen molar-refractivity contribution in [3.8, 4) is 0 Å². The largest absolute Gasteiger partial charge is 0.385 e. The van der Waals surface area contributed by atoms with Crippen LogP contribution in [-0.4, -0.2) is 11.5 Å². The number of hydrogen-bond acceptors (Lipinski definition) is 2. The summed E-state index contributed by atoms with van der Waals surface area (Å²) in [6.07, 6.45) is 5.02. The Morgan fingerprint density at radius 1 is 1.50 bits per heavy atom. The summed E-state index contributed by atoms with van der Waals surface area (Å²) in [5.74, 6) is 1.83. The Bertz CT molecular complexity index is 245. The van der Waals surface area contributed by atoms with E-state index in [-0.39, 0.29) is 0 Å². The maximum atomic E-state index is 3.96. The molecule has 64 valence electrons. The lowest BCUT2D eigenvalue weighted by atomic mass is 10.3. The Labute approximate surface area is 73.0 Å². The molecule has 0 saturated heterocycles. The van der Waals surface area contributed by atoms with Crippen molar-refractivity contribution in [1.29, 1.82) is 0 Å². The average Bonchev–Trinajstić information content (AvgIpc) is 2.81. The summed E-state index contributed by atoms with van der Waals surface area (Å²) >= 11 is 0. The first kappa shape index (κ1) is 7.59. The van der Waals surface area contributed by atoms with Gasteiger partial charge in [-0.1, -0.05) is 6.92 Å². The second-order valence-electron chi connectivity index (χ2n) is 3.59. The van der Waals surface area contributed by atoms with Crippen molar-refractivity contribution in [2.24, 2.45) is 11.8 Å². The van der Waals surface area contributed by atoms with E-state index in [9.17, 15) is 0 Å². The molecule has 2 atom stereocenters. The predicted octanol–water partition coefficient (Wildman–Crippen LogP) is 2.15. The molecule has 2 unspecified atom stereocenters. The Balaban J connectivity index is 1.80. The number of rotatable bonds is 3. The van der Waals surface area contributed by atoms with Crippen LogP contribution in [0.4, 0.5) is 5.69 Å². The zero-order valence-electron chi connectivity index (χ0n) is 7.33. The second kappa shape index (κ2) is 3.13. The first-order valence-electron chi connectivity index (χ1n) is 4.50. The minimum absolute atomic E-state index is 0.901. The molecule has 0 aliphatic heterocycles. The fourth-order valence-corrected chi connectivity index (χ4v) is 1.40. The summed E-state index contributed by atoms with van der Waals surface area (Å²) in [6.45, 7) is 3.42. The SMILES string of the molecule is CC1CC1CNc1ccncc1. The number of pyridine rings is 1. The maximum absolute atomic E-state index is 3.96. The Morgan fingerprint density at radius 2 is 2.17 bits per heavy atom. The highest BCUT2D eigenvalue weighted by molar-refractivity contribution is 5.40. The van der Waals surface area contributed by atoms with Gasteiger partial charge < -0.3 is 5.32 Å². The maximum Gasteiger partial charge on any atom is 0.0371 e. The standard InChI is InChI=1S/C10H14N2/c1-8-6-9(8)7-12-10-2-4-11-5-3-10/h2-5,8-9H,6-7H2,1H3,(H,11,12). The zero-order chi connectivity index (χ0) is 8.39. The molecule has 0 radical (unpaired) electrons. The third-order valence-electron chi connectivity index (χ3n) is 2.52. The highest BCUT2D eigenvalue weighted by Crippen LogP contribution is 2.37. The van der Waals surface area contributed by atoms with Crippen molar-refractivity contribution in [3.63, 3.8) is 0 Å². The lowest BCUT2D eigenvalue weighted by Crippen LogP contribution is -2.03. The quantitative estimate of drug-likeness (QED) is 0.736. The average molecular weight is 162 g/mol. The van der Waals surface area contributed by atoms with Gasteiger partial charge >= 0.3 is 0 Å². The minimum Gasteiger partial charge on any atom is -0.385 e. The van der Waals surface area contributed by atoms with E-state index in [4.69, 9.17) is 0 Å². The highest BCUT2D eigenvalue weighted by atomic mass is 14.9. The van der Waals surface area contributed by atoms with Crippen LogP contribution in [0.2, 0.25) is 0 Å². The number of aromatic nitrogens is 1. The number of nitrogens with zero attached hydrogens (tertiary/aromatic N) is 1. The molecule has 0 aromatic carbocycles. The third kappa shape index (κ3) is 1.76. The summed E-state index contributed by atoms with van der Waals surface area (Å²) in [6, 6.07) is 4.01. The fourth-order valence-electron chi connectivity index (χ4n) is 1.40. The van der Waals surface area contributed by atoms with Gasteiger partial charge in [0.05, 0.1) is 0 Å². The van der Waals surface area contributed by atoms with Crippen molar-refractivity contribution in [1.82, 2.24) is 4.98 Å². The van der Waals surface area contributed by atoms with Gasteiger partial charge in [-0.25, -0.2) is 0 Å². The lowest BCUT2D eigenvalue weighted by molar-refractivity contribution is 0.787. The molecule has 2 rings (SSSR count). The topological polar surface area (TPSA) is 24.9 Å². The van der Waals surface area contributed by atoms with Crippen molar-refractivity contribution in [3.05, 3.63) is 24.5 Å². The van der Waals surface area contributed by atoms with Gasteiger partial charge in [-0.15, -0.1) is 0 Å². The Hall–Kier alpha value is -1.05. The van der Waals surface area contributed by atoms with Gasteiger partial charge in [0.25, 0.3) is 0 Å². The fraction of sp³-hybridized carbons (Fsp3) is 0.500. The smallest absolute Gasteiger partial charge is 0.0371 e. The van der Waals surface area contributed by atoms with Crippen LogP contribution in [0.3, 0.4) is 0 Å². The highest BCUT2D eigenvalue weighted by Gasteiger charge is 2.31. The Kier molecular flexibility index (Phi) is 1.98. The molecule has 12 heavy (non-hydrogen) atoms. The van der Waals surface area contributed by atoms with Gasteiger partial charge in [-0.3, -0.25) is 4.98 Å². The van der Waals surface area contributed by atoms with Crippen LogP contribution in [0.25, 0.3) is 0 Å². The summed E-state index contributed by atoms with van der Waals surface area (Å²) < 4.78 is 0. The lowest BCUT2D eigenvalue weighted by Gasteiger charge is -2.03. The number of nitrogens with one attached hydrogen (secondary N) is 1. The summed E-state index contributed by atoms with van der Waals surface area (Å²) in [4.78, 5) is 3.96. The molecule has 1 aromatic rings. The van der Waals surface area contributed by atoms with Crippen LogP contribution in [-0.2, 0) is 0 Å². The van der Waals surface area contributed by atoms with E-state index >= 15 is 0 Å². The van der Waals surface area contributed by atoms with Crippen molar-refractivity contribution < 1.29 is 0 Å². The molecule has 1 aliphatic rings. The van der Waals surface area contributed by atoms with E-state index < -0.39 is 0 Å². The molecular formula is C10H14N2. The van der Waals surface area contributed by atoms with E-state index in [1.165, 1.54) is 12.1 Å². The molecule has 2 heteroatoms. The van der Waals surface area contributed by atoms with Crippen LogP contribution in [0.15, 0.2) is 24.5 Å². The molecule has 0 amide bonds. The number of hydrogen-bond donors (Lipinski definition) is 1. The molecule has 1 saturated carbocycles. The van der Waals surface area contributed by atoms with E-state index in [1.807, 2.05) is 24.5 Å². The molecule has 1 fully saturated rings. The van der Waals surface area contributed by atoms with Crippen LogP contribution >= 0.6 is 0 Å². The molecule has 1 aliphatic carbocycles. The number of anilines is 1. The van der Waals surface area contributed by atoms with Gasteiger partial charge in [0.2, 0.25) is 0 Å². The van der Waals surface area contributed by atoms with E-state index in [0.717, 1.165) is 18.4 Å². The normalized spacial score (nSPS) is 26.8. The monoisotopic (exact) mass is 162 g/mol. The van der Waals surface area contributed by atoms with Gasteiger partial charge in [-0.2, -0.15) is 0 Å². The molecule has 1 aromatic heterocycles. The van der Waals surface area contributed by atoms with Gasteiger partial charge in [-0.05, 0) is 30.4 Å². The molecule has 1 N–H and O–H groups in total. The van der Waals surface area contributed by atoms with Crippen molar-refractivity contribution in [2.75, 3.05) is 11.9 Å². The third-order valence-corrected chi connectivity index (χ3v) is 2.52. The van der Waals surface area contributed by atoms with Crippen molar-refractivity contribution in [2.45, 2.75) is 13.3 Å². The second-order valence-corrected chi connectivity index (χ2v) is 3.59. The first-order chi connectivity index (χ1) is 5.86. The molecule has 1 heterocycles. The Morgan fingerprint density at radius 3 is 2.75 bits per heavy atom. The van der Waals surface area contributed by atoms with E-state index in [1.54, 1.807) is 0 Å². The van der Waals surface area contributed by atoms with Crippen LogP contribution < -0.4 is 5.32 Å². The van der Waals surface area contributed by atoms with Gasteiger partial charge in [0.1, 0.15) is 0 Å². The molecule has 0 spiro atoms. The van der Waals surface area contributed by atoms with Crippen molar-refractivity contribution >= 4 is 5.69 Å². The summed E-state index contributed by atoms with van der Waals surface area (Å²) in [5.41, 5.74) is 1.18. The van der Waals surface area contributed by atoms with Crippen LogP contribution in [0.1, 0.15) is 13.3 Å².